The monoisotopic (exact) mass is 348 g/mol. The number of carbonyl (C=O) groups excluding carboxylic acids is 1. The Morgan fingerprint density at radius 2 is 2.13 bits per heavy atom. The standard InChI is InChI=1S/C16H13FN2O2S2/c17-11-5-2-1-4-10(11)12(20)8-18-15(21)14-9-19-16(23-14)13-6-3-7-22-13/h1-7,9,12,20H,8H2,(H,18,21). The zero-order valence-electron chi connectivity index (χ0n) is 11.9. The molecule has 0 radical (unpaired) electrons. The molecule has 1 amide bonds. The summed E-state index contributed by atoms with van der Waals surface area (Å²) in [6.45, 7) is -0.0635. The fourth-order valence-corrected chi connectivity index (χ4v) is 3.66. The van der Waals surface area contributed by atoms with E-state index in [1.807, 2.05) is 17.5 Å². The van der Waals surface area contributed by atoms with E-state index in [0.29, 0.717) is 4.88 Å². The number of thiazole rings is 1. The van der Waals surface area contributed by atoms with Crippen molar-refractivity contribution >= 4 is 28.6 Å². The highest BCUT2D eigenvalue weighted by Gasteiger charge is 2.16. The van der Waals surface area contributed by atoms with E-state index in [2.05, 4.69) is 10.3 Å². The van der Waals surface area contributed by atoms with Gasteiger partial charge in [-0.25, -0.2) is 9.37 Å². The first-order valence-corrected chi connectivity index (χ1v) is 8.55. The number of halogens is 1. The first-order chi connectivity index (χ1) is 11.1. The number of hydrogen-bond donors (Lipinski definition) is 2. The van der Waals surface area contributed by atoms with Crippen LogP contribution in [-0.4, -0.2) is 22.5 Å². The number of benzene rings is 1. The fraction of sp³-hybridized carbons (Fsp3) is 0.125. The molecule has 7 heteroatoms. The van der Waals surface area contributed by atoms with Crippen LogP contribution in [0.1, 0.15) is 21.3 Å². The Kier molecular flexibility index (Phi) is 4.80. The van der Waals surface area contributed by atoms with Crippen molar-refractivity contribution in [2.75, 3.05) is 6.54 Å². The summed E-state index contributed by atoms with van der Waals surface area (Å²) in [5, 5.41) is 15.3. The minimum atomic E-state index is -1.09. The summed E-state index contributed by atoms with van der Waals surface area (Å²) in [5.41, 5.74) is 0.163. The number of aliphatic hydroxyl groups excluding tert-OH is 1. The highest BCUT2D eigenvalue weighted by molar-refractivity contribution is 7.21. The van der Waals surface area contributed by atoms with Crippen molar-refractivity contribution in [1.82, 2.24) is 10.3 Å². The normalized spacial score (nSPS) is 12.1. The molecule has 0 saturated carbocycles. The maximum Gasteiger partial charge on any atom is 0.263 e. The van der Waals surface area contributed by atoms with Crippen LogP contribution in [0.15, 0.2) is 48.0 Å². The lowest BCUT2D eigenvalue weighted by atomic mass is 10.1. The number of aromatic nitrogens is 1. The number of hydrogen-bond acceptors (Lipinski definition) is 5. The molecule has 0 aliphatic rings. The molecule has 118 valence electrons. The Bertz CT molecular complexity index is 802. The highest BCUT2D eigenvalue weighted by atomic mass is 32.1. The molecule has 0 aliphatic carbocycles. The summed E-state index contributed by atoms with van der Waals surface area (Å²) in [4.78, 5) is 17.8. The van der Waals surface area contributed by atoms with Gasteiger partial charge < -0.3 is 10.4 Å². The van der Waals surface area contributed by atoms with Crippen LogP contribution in [0, 0.1) is 5.82 Å². The van der Waals surface area contributed by atoms with Crippen LogP contribution in [0.25, 0.3) is 9.88 Å². The van der Waals surface area contributed by atoms with Gasteiger partial charge in [0.25, 0.3) is 5.91 Å². The van der Waals surface area contributed by atoms with Gasteiger partial charge in [-0.1, -0.05) is 24.3 Å². The fourth-order valence-electron chi connectivity index (χ4n) is 2.03. The van der Waals surface area contributed by atoms with Crippen molar-refractivity contribution in [3.05, 3.63) is 64.2 Å². The second-order valence-corrected chi connectivity index (χ2v) is 6.73. The molecule has 1 unspecified atom stereocenters. The molecular weight excluding hydrogens is 335 g/mol. The van der Waals surface area contributed by atoms with Crippen molar-refractivity contribution in [2.24, 2.45) is 0 Å². The van der Waals surface area contributed by atoms with Crippen molar-refractivity contribution in [3.63, 3.8) is 0 Å². The molecule has 3 rings (SSSR count). The zero-order valence-corrected chi connectivity index (χ0v) is 13.5. The van der Waals surface area contributed by atoms with Gasteiger partial charge in [-0.2, -0.15) is 0 Å². The first kappa shape index (κ1) is 15.8. The SMILES string of the molecule is O=C(NCC(O)c1ccccc1F)c1cnc(-c2cccs2)s1. The number of thiophene rings is 1. The van der Waals surface area contributed by atoms with Crippen LogP contribution in [0.2, 0.25) is 0 Å². The Labute approximate surface area is 140 Å². The number of nitrogens with one attached hydrogen (secondary N) is 1. The molecule has 2 heterocycles. The molecule has 2 aromatic heterocycles. The third kappa shape index (κ3) is 3.64. The largest absolute Gasteiger partial charge is 0.386 e. The molecule has 4 nitrogen and oxygen atoms in total. The van der Waals surface area contributed by atoms with Crippen LogP contribution in [0.5, 0.6) is 0 Å². The third-order valence-corrected chi connectivity index (χ3v) is 5.22. The lowest BCUT2D eigenvalue weighted by molar-refractivity contribution is 0.0918. The van der Waals surface area contributed by atoms with Crippen LogP contribution >= 0.6 is 22.7 Å². The van der Waals surface area contributed by atoms with Crippen molar-refractivity contribution in [2.45, 2.75) is 6.10 Å². The highest BCUT2D eigenvalue weighted by Crippen LogP contribution is 2.28. The molecule has 0 spiro atoms. The topological polar surface area (TPSA) is 62.2 Å². The van der Waals surface area contributed by atoms with Crippen molar-refractivity contribution < 1.29 is 14.3 Å². The van der Waals surface area contributed by atoms with E-state index in [1.165, 1.54) is 29.7 Å². The predicted octanol–water partition coefficient (Wildman–Crippen LogP) is 3.47. The number of amides is 1. The van der Waals surface area contributed by atoms with Gasteiger partial charge in [0.05, 0.1) is 17.2 Å². The van der Waals surface area contributed by atoms with Gasteiger partial charge in [-0.3, -0.25) is 4.79 Å². The summed E-state index contributed by atoms with van der Waals surface area (Å²) >= 11 is 2.83. The van der Waals surface area contributed by atoms with Gasteiger partial charge in [0.2, 0.25) is 0 Å². The van der Waals surface area contributed by atoms with E-state index in [9.17, 15) is 14.3 Å². The third-order valence-electron chi connectivity index (χ3n) is 3.18. The Balaban J connectivity index is 1.63. The number of aliphatic hydroxyl groups is 1. The maximum atomic E-state index is 13.6. The number of rotatable bonds is 5. The molecular formula is C16H13FN2O2S2. The molecule has 3 aromatic rings. The Morgan fingerprint density at radius 1 is 1.30 bits per heavy atom. The summed E-state index contributed by atoms with van der Waals surface area (Å²) in [5.74, 6) is -0.826. The maximum absolute atomic E-state index is 13.6. The summed E-state index contributed by atoms with van der Waals surface area (Å²) < 4.78 is 13.6. The molecule has 23 heavy (non-hydrogen) atoms. The number of nitrogens with zero attached hydrogens (tertiary/aromatic N) is 1. The average Bonchev–Trinajstić information content (AvgIpc) is 3.23. The summed E-state index contributed by atoms with van der Waals surface area (Å²) in [7, 11) is 0. The number of carbonyl (C=O) groups is 1. The van der Waals surface area contributed by atoms with Gasteiger partial charge in [0.15, 0.2) is 0 Å². The second kappa shape index (κ2) is 6.99. The van der Waals surface area contributed by atoms with Crippen LogP contribution < -0.4 is 5.32 Å². The molecule has 0 fully saturated rings. The lowest BCUT2D eigenvalue weighted by Gasteiger charge is -2.12. The zero-order chi connectivity index (χ0) is 16.2. The van der Waals surface area contributed by atoms with E-state index in [0.717, 1.165) is 9.88 Å². The smallest absolute Gasteiger partial charge is 0.263 e. The molecule has 0 aliphatic heterocycles. The minimum absolute atomic E-state index is 0.0635. The Hall–Kier alpha value is -2.09. The van der Waals surface area contributed by atoms with E-state index >= 15 is 0 Å². The minimum Gasteiger partial charge on any atom is -0.386 e. The van der Waals surface area contributed by atoms with E-state index < -0.39 is 11.9 Å². The van der Waals surface area contributed by atoms with Gasteiger partial charge in [-0.05, 0) is 17.5 Å². The van der Waals surface area contributed by atoms with E-state index in [-0.39, 0.29) is 18.0 Å². The van der Waals surface area contributed by atoms with Gasteiger partial charge >= 0.3 is 0 Å². The van der Waals surface area contributed by atoms with Crippen LogP contribution in [-0.2, 0) is 0 Å². The summed E-state index contributed by atoms with van der Waals surface area (Å²) in [6.07, 6.45) is 0.412. The average molecular weight is 348 g/mol. The second-order valence-electron chi connectivity index (χ2n) is 4.75. The lowest BCUT2D eigenvalue weighted by Crippen LogP contribution is -2.28. The van der Waals surface area contributed by atoms with E-state index in [4.69, 9.17) is 0 Å². The molecule has 0 bridgehead atoms. The van der Waals surface area contributed by atoms with Crippen molar-refractivity contribution in [3.8, 4) is 9.88 Å². The van der Waals surface area contributed by atoms with E-state index in [1.54, 1.807) is 23.5 Å². The van der Waals surface area contributed by atoms with Crippen LogP contribution in [0.3, 0.4) is 0 Å². The molecule has 0 saturated heterocycles. The van der Waals surface area contributed by atoms with Gasteiger partial charge in [-0.15, -0.1) is 22.7 Å². The molecule has 1 atom stereocenters. The van der Waals surface area contributed by atoms with Gasteiger partial charge in [0.1, 0.15) is 15.7 Å². The van der Waals surface area contributed by atoms with Gasteiger partial charge in [0, 0.05) is 12.1 Å². The Morgan fingerprint density at radius 3 is 2.87 bits per heavy atom. The quantitative estimate of drug-likeness (QED) is 0.742. The van der Waals surface area contributed by atoms with Crippen LogP contribution in [0.4, 0.5) is 4.39 Å². The predicted molar refractivity (Wildman–Crippen MR) is 89.1 cm³/mol. The van der Waals surface area contributed by atoms with Crippen molar-refractivity contribution in [1.29, 1.82) is 0 Å². The molecule has 2 N–H and O–H groups in total. The first-order valence-electron chi connectivity index (χ1n) is 6.85. The summed E-state index contributed by atoms with van der Waals surface area (Å²) in [6, 6.07) is 9.82. The molecule has 1 aromatic carbocycles.